The number of hydrogen-bond acceptors (Lipinski definition) is 3. The van der Waals surface area contributed by atoms with Crippen LogP contribution < -0.4 is 0 Å². The summed E-state index contributed by atoms with van der Waals surface area (Å²) in [5, 5.41) is 0. The zero-order valence-electron chi connectivity index (χ0n) is 8.33. The minimum atomic E-state index is -0.971. The van der Waals surface area contributed by atoms with Crippen LogP contribution in [0, 0.1) is 11.6 Å². The molecule has 0 N–H and O–H groups in total. The summed E-state index contributed by atoms with van der Waals surface area (Å²) in [6.45, 7) is 1.53. The molecule has 1 aliphatic heterocycles. The predicted octanol–water partition coefficient (Wildman–Crippen LogP) is 2.28. The maximum Gasteiger partial charge on any atom is 0.363 e. The highest BCUT2D eigenvalue weighted by molar-refractivity contribution is 6.06. The van der Waals surface area contributed by atoms with Crippen molar-refractivity contribution in [3.8, 4) is 0 Å². The van der Waals surface area contributed by atoms with E-state index in [0.717, 1.165) is 12.1 Å². The van der Waals surface area contributed by atoms with Crippen molar-refractivity contribution in [1.29, 1.82) is 0 Å². The van der Waals surface area contributed by atoms with Gasteiger partial charge in [0.25, 0.3) is 0 Å². The van der Waals surface area contributed by atoms with Crippen LogP contribution in [0.4, 0.5) is 8.78 Å². The van der Waals surface area contributed by atoms with Crippen molar-refractivity contribution >= 4 is 17.9 Å². The summed E-state index contributed by atoms with van der Waals surface area (Å²) in [5.74, 6) is -2.27. The van der Waals surface area contributed by atoms with E-state index in [4.69, 9.17) is 0 Å². The lowest BCUT2D eigenvalue weighted by Gasteiger charge is -1.95. The van der Waals surface area contributed by atoms with Gasteiger partial charge in [-0.2, -0.15) is 0 Å². The van der Waals surface area contributed by atoms with Crippen LogP contribution in [0.25, 0.3) is 6.08 Å². The molecule has 0 aromatic heterocycles. The van der Waals surface area contributed by atoms with Crippen LogP contribution in [0.2, 0.25) is 0 Å². The fourth-order valence-electron chi connectivity index (χ4n) is 1.28. The lowest BCUT2D eigenvalue weighted by atomic mass is 10.2. The van der Waals surface area contributed by atoms with Crippen LogP contribution in [0.5, 0.6) is 0 Å². The lowest BCUT2D eigenvalue weighted by Crippen LogP contribution is -1.99. The molecule has 1 heterocycles. The molecule has 0 amide bonds. The summed E-state index contributed by atoms with van der Waals surface area (Å²) in [4.78, 5) is 15.0. The summed E-state index contributed by atoms with van der Waals surface area (Å²) in [6.07, 6.45) is 1.33. The maximum atomic E-state index is 12.9. The Morgan fingerprint density at radius 3 is 2.62 bits per heavy atom. The van der Waals surface area contributed by atoms with Crippen molar-refractivity contribution < 1.29 is 18.3 Å². The van der Waals surface area contributed by atoms with Crippen LogP contribution >= 0.6 is 0 Å². The van der Waals surface area contributed by atoms with Crippen LogP contribution in [0.1, 0.15) is 12.5 Å². The number of halogens is 2. The molecule has 1 aromatic rings. The van der Waals surface area contributed by atoms with Crippen molar-refractivity contribution in [1.82, 2.24) is 0 Å². The molecule has 0 radical (unpaired) electrons. The first-order valence-corrected chi connectivity index (χ1v) is 4.50. The van der Waals surface area contributed by atoms with Gasteiger partial charge in [-0.3, -0.25) is 0 Å². The van der Waals surface area contributed by atoms with Gasteiger partial charge < -0.3 is 4.74 Å². The van der Waals surface area contributed by atoms with Gasteiger partial charge in [0.2, 0.25) is 0 Å². The minimum absolute atomic E-state index is 0.0727. The van der Waals surface area contributed by atoms with E-state index in [-0.39, 0.29) is 11.6 Å². The van der Waals surface area contributed by atoms with Crippen LogP contribution in [0.3, 0.4) is 0 Å². The Hall–Kier alpha value is -2.04. The molecule has 0 spiro atoms. The zero-order valence-corrected chi connectivity index (χ0v) is 8.33. The number of benzene rings is 1. The molecule has 1 aliphatic rings. The molecule has 0 saturated heterocycles. The van der Waals surface area contributed by atoms with Crippen molar-refractivity contribution in [3.05, 3.63) is 41.1 Å². The average Bonchev–Trinajstić information content (AvgIpc) is 2.51. The molecule has 5 heteroatoms. The fraction of sp³-hybridized carbons (Fsp3) is 0.0909. The van der Waals surface area contributed by atoms with Crippen molar-refractivity contribution in [2.75, 3.05) is 0 Å². The number of rotatable bonds is 1. The summed E-state index contributed by atoms with van der Waals surface area (Å²) in [5.41, 5.74) is 0.424. The standard InChI is InChI=1S/C11H7F2NO2/c1-6-14-10(11(15)16-6)5-7-2-3-8(12)9(13)4-7/h2-5H,1H3/b10-5+. The van der Waals surface area contributed by atoms with Crippen molar-refractivity contribution in [2.24, 2.45) is 4.99 Å². The Bertz CT molecular complexity index is 521. The average molecular weight is 223 g/mol. The summed E-state index contributed by atoms with van der Waals surface area (Å²) < 4.78 is 30.2. The summed E-state index contributed by atoms with van der Waals surface area (Å²) in [6, 6.07) is 3.32. The number of hydrogen-bond donors (Lipinski definition) is 0. The normalized spacial score (nSPS) is 17.6. The summed E-state index contributed by atoms with van der Waals surface area (Å²) >= 11 is 0. The summed E-state index contributed by atoms with van der Waals surface area (Å²) in [7, 11) is 0. The van der Waals surface area contributed by atoms with Crippen LogP contribution in [0.15, 0.2) is 28.9 Å². The topological polar surface area (TPSA) is 38.7 Å². The molecule has 0 fully saturated rings. The van der Waals surface area contributed by atoms with E-state index in [1.807, 2.05) is 0 Å². The second kappa shape index (κ2) is 3.84. The second-order valence-corrected chi connectivity index (χ2v) is 3.22. The molecular formula is C11H7F2NO2. The Balaban J connectivity index is 2.36. The molecular weight excluding hydrogens is 216 g/mol. The van der Waals surface area contributed by atoms with E-state index in [1.54, 1.807) is 0 Å². The third-order valence-electron chi connectivity index (χ3n) is 1.97. The number of carbonyl (C=O) groups is 1. The Labute approximate surface area is 90.1 Å². The molecule has 0 unspecified atom stereocenters. The minimum Gasteiger partial charge on any atom is -0.407 e. The van der Waals surface area contributed by atoms with Gasteiger partial charge in [-0.15, -0.1) is 0 Å². The van der Waals surface area contributed by atoms with Gasteiger partial charge in [0.1, 0.15) is 0 Å². The van der Waals surface area contributed by atoms with Gasteiger partial charge in [-0.25, -0.2) is 18.6 Å². The lowest BCUT2D eigenvalue weighted by molar-refractivity contribution is -0.130. The van der Waals surface area contributed by atoms with Gasteiger partial charge in [0.15, 0.2) is 23.2 Å². The van der Waals surface area contributed by atoms with E-state index >= 15 is 0 Å². The largest absolute Gasteiger partial charge is 0.407 e. The molecule has 3 nitrogen and oxygen atoms in total. The van der Waals surface area contributed by atoms with Crippen molar-refractivity contribution in [2.45, 2.75) is 6.92 Å². The van der Waals surface area contributed by atoms with E-state index in [0.29, 0.717) is 5.56 Å². The highest BCUT2D eigenvalue weighted by Gasteiger charge is 2.19. The van der Waals surface area contributed by atoms with Crippen molar-refractivity contribution in [3.63, 3.8) is 0 Å². The first kappa shape index (κ1) is 10.5. The van der Waals surface area contributed by atoms with Gasteiger partial charge in [-0.05, 0) is 23.8 Å². The smallest absolute Gasteiger partial charge is 0.363 e. The predicted molar refractivity (Wildman–Crippen MR) is 53.5 cm³/mol. The molecule has 2 rings (SSSR count). The van der Waals surface area contributed by atoms with Gasteiger partial charge in [0, 0.05) is 6.92 Å². The molecule has 0 atom stereocenters. The van der Waals surface area contributed by atoms with E-state index in [9.17, 15) is 13.6 Å². The van der Waals surface area contributed by atoms with E-state index < -0.39 is 17.6 Å². The quantitative estimate of drug-likeness (QED) is 0.541. The number of nitrogens with zero attached hydrogens (tertiary/aromatic N) is 1. The third-order valence-corrected chi connectivity index (χ3v) is 1.97. The number of carbonyl (C=O) groups excluding carboxylic acids is 1. The SMILES string of the molecule is CC1=N/C(=C/c2ccc(F)c(F)c2)C(=O)O1. The van der Waals surface area contributed by atoms with Gasteiger partial charge >= 0.3 is 5.97 Å². The van der Waals surface area contributed by atoms with E-state index in [1.165, 1.54) is 19.1 Å². The first-order chi connectivity index (χ1) is 7.56. The number of esters is 1. The molecule has 16 heavy (non-hydrogen) atoms. The maximum absolute atomic E-state index is 12.9. The Morgan fingerprint density at radius 2 is 2.06 bits per heavy atom. The van der Waals surface area contributed by atoms with Gasteiger partial charge in [0.05, 0.1) is 0 Å². The molecule has 1 aromatic carbocycles. The number of cyclic esters (lactones) is 1. The molecule has 82 valence electrons. The van der Waals surface area contributed by atoms with Crippen LogP contribution in [-0.4, -0.2) is 11.9 Å². The Kier molecular flexibility index (Phi) is 2.52. The molecule has 0 bridgehead atoms. The van der Waals surface area contributed by atoms with E-state index in [2.05, 4.69) is 9.73 Å². The molecule has 0 aliphatic carbocycles. The molecule has 0 saturated carbocycles. The zero-order chi connectivity index (χ0) is 11.7. The highest BCUT2D eigenvalue weighted by atomic mass is 19.2. The highest BCUT2D eigenvalue weighted by Crippen LogP contribution is 2.16. The number of ether oxygens (including phenoxy) is 1. The Morgan fingerprint density at radius 1 is 1.31 bits per heavy atom. The second-order valence-electron chi connectivity index (χ2n) is 3.22. The van der Waals surface area contributed by atoms with Crippen LogP contribution in [-0.2, 0) is 9.53 Å². The third kappa shape index (κ3) is 1.98. The monoisotopic (exact) mass is 223 g/mol. The number of aliphatic imine (C=N–C) groups is 1. The first-order valence-electron chi connectivity index (χ1n) is 4.50. The van der Waals surface area contributed by atoms with Gasteiger partial charge in [-0.1, -0.05) is 6.07 Å². The fourth-order valence-corrected chi connectivity index (χ4v) is 1.28.